The topological polar surface area (TPSA) is 71.3 Å². The van der Waals surface area contributed by atoms with Crippen molar-refractivity contribution >= 4 is 17.2 Å². The quantitative estimate of drug-likeness (QED) is 0.669. The molecule has 104 valence electrons. The predicted octanol–water partition coefficient (Wildman–Crippen LogP) is 2.67. The highest BCUT2D eigenvalue weighted by molar-refractivity contribution is 5.49. The van der Waals surface area contributed by atoms with E-state index in [9.17, 15) is 10.1 Å². The number of nitrogens with zero attached hydrogens (tertiary/aromatic N) is 3. The molecule has 0 saturated heterocycles. The zero-order valence-electron chi connectivity index (χ0n) is 11.4. The smallest absolute Gasteiger partial charge is 0.274 e. The van der Waals surface area contributed by atoms with E-state index in [-0.39, 0.29) is 10.6 Å². The van der Waals surface area contributed by atoms with Crippen LogP contribution >= 0.6 is 0 Å². The molecule has 6 heteroatoms. The Hall–Kier alpha value is -2.63. The van der Waals surface area contributed by atoms with Crippen molar-refractivity contribution in [1.29, 1.82) is 0 Å². The van der Waals surface area contributed by atoms with Crippen LogP contribution in [0.15, 0.2) is 42.6 Å². The second-order valence-electron chi connectivity index (χ2n) is 4.54. The molecule has 1 aromatic heterocycles. The predicted molar refractivity (Wildman–Crippen MR) is 79.0 cm³/mol. The lowest BCUT2D eigenvalue weighted by Crippen LogP contribution is -2.10. The van der Waals surface area contributed by atoms with Crippen molar-refractivity contribution in [2.75, 3.05) is 24.3 Å². The fourth-order valence-corrected chi connectivity index (χ4v) is 1.79. The molecule has 0 aliphatic heterocycles. The zero-order chi connectivity index (χ0) is 14.5. The molecule has 0 bridgehead atoms. The van der Waals surface area contributed by atoms with Gasteiger partial charge in [0, 0.05) is 32.3 Å². The number of hydrogen-bond acceptors (Lipinski definition) is 5. The summed E-state index contributed by atoms with van der Waals surface area (Å²) in [4.78, 5) is 16.7. The van der Waals surface area contributed by atoms with Crippen molar-refractivity contribution < 1.29 is 4.92 Å². The van der Waals surface area contributed by atoms with Gasteiger partial charge in [0.25, 0.3) is 5.69 Å². The van der Waals surface area contributed by atoms with Crippen LogP contribution in [0.25, 0.3) is 0 Å². The molecule has 2 aromatic rings. The van der Waals surface area contributed by atoms with Gasteiger partial charge in [0.15, 0.2) is 0 Å². The molecular formula is C14H16N4O2. The van der Waals surface area contributed by atoms with Gasteiger partial charge < -0.3 is 10.2 Å². The second kappa shape index (κ2) is 6.01. The van der Waals surface area contributed by atoms with E-state index >= 15 is 0 Å². The zero-order valence-corrected chi connectivity index (χ0v) is 11.4. The number of anilines is 2. The summed E-state index contributed by atoms with van der Waals surface area (Å²) in [7, 11) is 3.84. The molecule has 6 nitrogen and oxygen atoms in total. The third-order valence-electron chi connectivity index (χ3n) is 2.88. The summed E-state index contributed by atoms with van der Waals surface area (Å²) < 4.78 is 0. The first-order valence-corrected chi connectivity index (χ1v) is 6.17. The average Bonchev–Trinajstić information content (AvgIpc) is 2.45. The lowest BCUT2D eigenvalue weighted by Gasteiger charge is -2.12. The van der Waals surface area contributed by atoms with Crippen molar-refractivity contribution in [1.82, 2.24) is 4.98 Å². The van der Waals surface area contributed by atoms with Crippen molar-refractivity contribution in [2.45, 2.75) is 6.54 Å². The van der Waals surface area contributed by atoms with Crippen molar-refractivity contribution in [3.05, 3.63) is 58.3 Å². The summed E-state index contributed by atoms with van der Waals surface area (Å²) in [6, 6.07) is 10.5. The molecule has 0 saturated carbocycles. The maximum absolute atomic E-state index is 10.9. The second-order valence-corrected chi connectivity index (χ2v) is 4.54. The minimum Gasteiger partial charge on any atom is -0.379 e. The van der Waals surface area contributed by atoms with Crippen molar-refractivity contribution in [2.24, 2.45) is 0 Å². The summed E-state index contributed by atoms with van der Waals surface area (Å²) in [5, 5.41) is 14.0. The summed E-state index contributed by atoms with van der Waals surface area (Å²) in [6.07, 6.45) is 1.71. The molecule has 0 radical (unpaired) electrons. The van der Waals surface area contributed by atoms with Crippen molar-refractivity contribution in [3.63, 3.8) is 0 Å². The van der Waals surface area contributed by atoms with Gasteiger partial charge in [0.1, 0.15) is 5.82 Å². The maximum atomic E-state index is 10.9. The van der Waals surface area contributed by atoms with Gasteiger partial charge in [0.2, 0.25) is 0 Å². The summed E-state index contributed by atoms with van der Waals surface area (Å²) in [5.74, 6) is 0.862. The Morgan fingerprint density at radius 2 is 2.00 bits per heavy atom. The fourth-order valence-electron chi connectivity index (χ4n) is 1.79. The van der Waals surface area contributed by atoms with Gasteiger partial charge in [-0.15, -0.1) is 0 Å². The Bertz CT molecular complexity index is 596. The molecule has 1 heterocycles. The number of hydrogen-bond donors (Lipinski definition) is 1. The average molecular weight is 272 g/mol. The number of aromatic nitrogens is 1. The Labute approximate surface area is 117 Å². The van der Waals surface area contributed by atoms with Crippen LogP contribution in [0, 0.1) is 10.1 Å². The van der Waals surface area contributed by atoms with Gasteiger partial charge in [-0.05, 0) is 12.1 Å². The van der Waals surface area contributed by atoms with E-state index in [1.54, 1.807) is 24.4 Å². The first-order chi connectivity index (χ1) is 9.58. The largest absolute Gasteiger partial charge is 0.379 e. The Balaban J connectivity index is 2.07. The van der Waals surface area contributed by atoms with Crippen LogP contribution in [-0.4, -0.2) is 24.0 Å². The molecule has 0 atom stereocenters. The molecule has 0 amide bonds. The lowest BCUT2D eigenvalue weighted by atomic mass is 10.2. The molecule has 0 fully saturated rings. The first-order valence-electron chi connectivity index (χ1n) is 6.17. The maximum Gasteiger partial charge on any atom is 0.274 e. The van der Waals surface area contributed by atoms with Crippen LogP contribution in [0.5, 0.6) is 0 Å². The molecule has 0 aliphatic carbocycles. The Morgan fingerprint density at radius 1 is 1.25 bits per heavy atom. The highest BCUT2D eigenvalue weighted by atomic mass is 16.6. The van der Waals surface area contributed by atoms with Crippen LogP contribution < -0.4 is 10.2 Å². The molecule has 1 aromatic carbocycles. The summed E-state index contributed by atoms with van der Waals surface area (Å²) in [6.45, 7) is 0.389. The molecule has 20 heavy (non-hydrogen) atoms. The van der Waals surface area contributed by atoms with Gasteiger partial charge >= 0.3 is 0 Å². The van der Waals surface area contributed by atoms with E-state index in [1.807, 2.05) is 31.1 Å². The standard InChI is InChI=1S/C14H16N4O2/c1-17(2)14-8-7-12(10-16-14)15-9-11-5-3-4-6-13(11)18(19)20/h3-8,10,15H,9H2,1-2H3. The number of pyridine rings is 1. The first kappa shape index (κ1) is 13.8. The van der Waals surface area contributed by atoms with Gasteiger partial charge in [-0.2, -0.15) is 0 Å². The van der Waals surface area contributed by atoms with E-state index in [2.05, 4.69) is 10.3 Å². The van der Waals surface area contributed by atoms with Crippen LogP contribution in [0.4, 0.5) is 17.2 Å². The minimum absolute atomic E-state index is 0.123. The van der Waals surface area contributed by atoms with Crippen LogP contribution in [0.2, 0.25) is 0 Å². The van der Waals surface area contributed by atoms with Crippen LogP contribution in [-0.2, 0) is 6.54 Å². The van der Waals surface area contributed by atoms with Crippen LogP contribution in [0.1, 0.15) is 5.56 Å². The minimum atomic E-state index is -0.371. The number of para-hydroxylation sites is 1. The highest BCUT2D eigenvalue weighted by Crippen LogP contribution is 2.19. The van der Waals surface area contributed by atoms with Gasteiger partial charge in [-0.25, -0.2) is 4.98 Å². The number of nitro benzene ring substituents is 1. The Kier molecular flexibility index (Phi) is 4.14. The monoisotopic (exact) mass is 272 g/mol. The molecular weight excluding hydrogens is 256 g/mol. The normalized spacial score (nSPS) is 10.1. The van der Waals surface area contributed by atoms with Crippen LogP contribution in [0.3, 0.4) is 0 Å². The molecule has 0 unspecified atom stereocenters. The Morgan fingerprint density at radius 3 is 2.60 bits per heavy atom. The molecule has 0 spiro atoms. The third kappa shape index (κ3) is 3.23. The van der Waals surface area contributed by atoms with E-state index < -0.39 is 0 Å². The number of nitro groups is 1. The van der Waals surface area contributed by atoms with Gasteiger partial charge in [0.05, 0.1) is 16.8 Å². The van der Waals surface area contributed by atoms with Crippen molar-refractivity contribution in [3.8, 4) is 0 Å². The summed E-state index contributed by atoms with van der Waals surface area (Å²) in [5.41, 5.74) is 1.60. The number of benzene rings is 1. The third-order valence-corrected chi connectivity index (χ3v) is 2.88. The van der Waals surface area contributed by atoms with Gasteiger partial charge in [-0.1, -0.05) is 18.2 Å². The van der Waals surface area contributed by atoms with E-state index in [1.165, 1.54) is 6.07 Å². The SMILES string of the molecule is CN(C)c1ccc(NCc2ccccc2[N+](=O)[O-])cn1. The fraction of sp³-hybridized carbons (Fsp3) is 0.214. The van der Waals surface area contributed by atoms with Gasteiger partial charge in [-0.3, -0.25) is 10.1 Å². The van der Waals surface area contributed by atoms with E-state index in [4.69, 9.17) is 0 Å². The number of rotatable bonds is 5. The molecule has 1 N–H and O–H groups in total. The number of nitrogens with one attached hydrogen (secondary N) is 1. The van der Waals surface area contributed by atoms with E-state index in [0.717, 1.165) is 11.5 Å². The lowest BCUT2D eigenvalue weighted by molar-refractivity contribution is -0.385. The van der Waals surface area contributed by atoms with E-state index in [0.29, 0.717) is 12.1 Å². The molecule has 2 rings (SSSR count). The summed E-state index contributed by atoms with van der Waals surface area (Å²) >= 11 is 0. The highest BCUT2D eigenvalue weighted by Gasteiger charge is 2.11. The molecule has 0 aliphatic rings.